The molecule has 0 aliphatic heterocycles. The van der Waals surface area contributed by atoms with E-state index in [4.69, 9.17) is 15.2 Å². The SMILES string of the molecule is COc1ccc(OC)c(-c2c(N)cccc2-c2c(O)c(O)c(O)c(O)c2O)c1. The van der Waals surface area contributed by atoms with Crippen LogP contribution in [0.2, 0.25) is 0 Å². The lowest BCUT2D eigenvalue weighted by molar-refractivity contribution is 0.330. The molecule has 0 spiro atoms. The Morgan fingerprint density at radius 2 is 1.29 bits per heavy atom. The number of phenols is 5. The number of rotatable bonds is 4. The van der Waals surface area contributed by atoms with Gasteiger partial charge in [0.15, 0.2) is 11.5 Å². The maximum atomic E-state index is 10.3. The van der Waals surface area contributed by atoms with E-state index in [9.17, 15) is 25.5 Å². The summed E-state index contributed by atoms with van der Waals surface area (Å²) in [4.78, 5) is 0. The standard InChI is InChI=1S/C20H19NO7/c1-27-9-6-7-13(28-2)11(8-9)14-10(4-3-5-12(14)21)15-16(22)18(24)20(26)19(25)17(15)23/h3-8,22-26H,21H2,1-2H3. The summed E-state index contributed by atoms with van der Waals surface area (Å²) in [5, 5.41) is 50.2. The highest BCUT2D eigenvalue weighted by molar-refractivity contribution is 5.98. The number of ether oxygens (including phenoxy) is 2. The number of nitrogen functional groups attached to an aromatic ring is 1. The number of nitrogens with two attached hydrogens (primary N) is 1. The van der Waals surface area contributed by atoms with E-state index < -0.39 is 28.7 Å². The molecule has 0 radical (unpaired) electrons. The maximum Gasteiger partial charge on any atom is 0.208 e. The maximum absolute atomic E-state index is 10.3. The van der Waals surface area contributed by atoms with Crippen molar-refractivity contribution in [2.75, 3.05) is 20.0 Å². The van der Waals surface area contributed by atoms with Gasteiger partial charge in [0.1, 0.15) is 11.5 Å². The van der Waals surface area contributed by atoms with E-state index in [1.165, 1.54) is 20.3 Å². The van der Waals surface area contributed by atoms with Gasteiger partial charge in [-0.15, -0.1) is 0 Å². The van der Waals surface area contributed by atoms with Crippen LogP contribution in [0.4, 0.5) is 5.69 Å². The molecule has 8 heteroatoms. The zero-order chi connectivity index (χ0) is 20.6. The predicted molar refractivity (Wildman–Crippen MR) is 103 cm³/mol. The van der Waals surface area contributed by atoms with Crippen molar-refractivity contribution >= 4 is 5.69 Å². The first-order chi connectivity index (χ1) is 13.3. The quantitative estimate of drug-likeness (QED) is 0.228. The summed E-state index contributed by atoms with van der Waals surface area (Å²) in [5.74, 6) is -3.68. The summed E-state index contributed by atoms with van der Waals surface area (Å²) in [6, 6.07) is 9.70. The van der Waals surface area contributed by atoms with Crippen LogP contribution in [0.15, 0.2) is 36.4 Å². The van der Waals surface area contributed by atoms with Crippen molar-refractivity contribution in [2.45, 2.75) is 0 Å². The number of methoxy groups -OCH3 is 2. The van der Waals surface area contributed by atoms with Crippen LogP contribution in [0.3, 0.4) is 0 Å². The zero-order valence-electron chi connectivity index (χ0n) is 15.1. The fraction of sp³-hybridized carbons (Fsp3) is 0.100. The van der Waals surface area contributed by atoms with Crippen molar-refractivity contribution in [3.63, 3.8) is 0 Å². The third-order valence-electron chi connectivity index (χ3n) is 4.41. The molecule has 28 heavy (non-hydrogen) atoms. The molecule has 0 saturated heterocycles. The third-order valence-corrected chi connectivity index (χ3v) is 4.41. The molecular weight excluding hydrogens is 366 g/mol. The summed E-state index contributed by atoms with van der Waals surface area (Å²) < 4.78 is 10.7. The van der Waals surface area contributed by atoms with E-state index in [1.807, 2.05) is 0 Å². The Morgan fingerprint density at radius 3 is 1.86 bits per heavy atom. The number of phenolic OH excluding ortho intramolecular Hbond substituents is 5. The number of hydrogen-bond donors (Lipinski definition) is 6. The average molecular weight is 385 g/mol. The molecule has 0 aliphatic carbocycles. The third kappa shape index (κ3) is 2.81. The van der Waals surface area contributed by atoms with Crippen LogP contribution in [-0.4, -0.2) is 39.8 Å². The van der Waals surface area contributed by atoms with Gasteiger partial charge in [-0.25, -0.2) is 0 Å². The van der Waals surface area contributed by atoms with Crippen LogP contribution in [0, 0.1) is 0 Å². The number of aromatic hydroxyl groups is 5. The highest BCUT2D eigenvalue weighted by atomic mass is 16.5. The number of anilines is 1. The topological polar surface area (TPSA) is 146 Å². The fourth-order valence-electron chi connectivity index (χ4n) is 3.03. The Kier molecular flexibility index (Phi) is 4.70. The second kappa shape index (κ2) is 6.99. The van der Waals surface area contributed by atoms with E-state index in [0.29, 0.717) is 22.6 Å². The van der Waals surface area contributed by atoms with E-state index in [0.717, 1.165) is 0 Å². The normalized spacial score (nSPS) is 10.6. The molecule has 3 rings (SSSR count). The largest absolute Gasteiger partial charge is 0.504 e. The van der Waals surface area contributed by atoms with E-state index in [-0.39, 0.29) is 16.8 Å². The molecule has 7 N–H and O–H groups in total. The summed E-state index contributed by atoms with van der Waals surface area (Å²) >= 11 is 0. The molecule has 0 unspecified atom stereocenters. The van der Waals surface area contributed by atoms with Gasteiger partial charge >= 0.3 is 0 Å². The number of benzene rings is 3. The van der Waals surface area contributed by atoms with Gasteiger partial charge in [-0.3, -0.25) is 0 Å². The molecule has 146 valence electrons. The van der Waals surface area contributed by atoms with Crippen LogP contribution in [0.25, 0.3) is 22.3 Å². The molecule has 3 aromatic rings. The lowest BCUT2D eigenvalue weighted by atomic mass is 9.91. The van der Waals surface area contributed by atoms with E-state index in [2.05, 4.69) is 0 Å². The Labute approximate surface area is 160 Å². The molecule has 0 heterocycles. The molecule has 0 amide bonds. The molecule has 8 nitrogen and oxygen atoms in total. The van der Waals surface area contributed by atoms with Crippen LogP contribution in [0.1, 0.15) is 0 Å². The van der Waals surface area contributed by atoms with E-state index >= 15 is 0 Å². The van der Waals surface area contributed by atoms with Gasteiger partial charge in [-0.2, -0.15) is 0 Å². The second-order valence-electron chi connectivity index (χ2n) is 5.95. The predicted octanol–water partition coefficient (Wildman–Crippen LogP) is 3.15. The van der Waals surface area contributed by atoms with Gasteiger partial charge in [0.25, 0.3) is 0 Å². The highest BCUT2D eigenvalue weighted by Gasteiger charge is 2.27. The van der Waals surface area contributed by atoms with Crippen LogP contribution in [-0.2, 0) is 0 Å². The first-order valence-corrected chi connectivity index (χ1v) is 8.11. The highest BCUT2D eigenvalue weighted by Crippen LogP contribution is 2.57. The van der Waals surface area contributed by atoms with Crippen molar-refractivity contribution in [1.29, 1.82) is 0 Å². The van der Waals surface area contributed by atoms with Gasteiger partial charge < -0.3 is 40.7 Å². The van der Waals surface area contributed by atoms with Crippen molar-refractivity contribution in [3.05, 3.63) is 36.4 Å². The minimum atomic E-state index is -1.04. The van der Waals surface area contributed by atoms with Gasteiger partial charge in [0, 0.05) is 16.8 Å². The Balaban J connectivity index is 2.43. The minimum absolute atomic E-state index is 0.187. The lowest BCUT2D eigenvalue weighted by Gasteiger charge is -2.19. The van der Waals surface area contributed by atoms with Crippen molar-refractivity contribution in [3.8, 4) is 62.5 Å². The van der Waals surface area contributed by atoms with Gasteiger partial charge in [-0.05, 0) is 29.8 Å². The second-order valence-corrected chi connectivity index (χ2v) is 5.95. The summed E-state index contributed by atoms with van der Waals surface area (Å²) in [6.45, 7) is 0. The summed E-state index contributed by atoms with van der Waals surface area (Å²) in [6.07, 6.45) is 0. The first kappa shape index (κ1) is 18.8. The Bertz CT molecular complexity index is 1030. The van der Waals surface area contributed by atoms with Crippen LogP contribution >= 0.6 is 0 Å². The molecule has 0 bridgehead atoms. The monoisotopic (exact) mass is 385 g/mol. The summed E-state index contributed by atoms with van der Waals surface area (Å²) in [5.41, 5.74) is 7.17. The number of hydrogen-bond acceptors (Lipinski definition) is 8. The molecule has 0 aliphatic rings. The first-order valence-electron chi connectivity index (χ1n) is 8.11. The Morgan fingerprint density at radius 1 is 0.679 bits per heavy atom. The Hall–Kier alpha value is -3.94. The lowest BCUT2D eigenvalue weighted by Crippen LogP contribution is -1.97. The minimum Gasteiger partial charge on any atom is -0.504 e. The smallest absolute Gasteiger partial charge is 0.208 e. The molecular formula is C20H19NO7. The molecule has 0 atom stereocenters. The van der Waals surface area contributed by atoms with Gasteiger partial charge in [0.05, 0.1) is 19.8 Å². The van der Waals surface area contributed by atoms with Crippen molar-refractivity contribution < 1.29 is 35.0 Å². The van der Waals surface area contributed by atoms with Gasteiger partial charge in [-0.1, -0.05) is 12.1 Å². The van der Waals surface area contributed by atoms with Gasteiger partial charge in [0.2, 0.25) is 17.2 Å². The van der Waals surface area contributed by atoms with Crippen LogP contribution < -0.4 is 15.2 Å². The zero-order valence-corrected chi connectivity index (χ0v) is 15.1. The molecule has 3 aromatic carbocycles. The molecule has 0 fully saturated rings. The van der Waals surface area contributed by atoms with Crippen LogP contribution in [0.5, 0.6) is 40.2 Å². The average Bonchev–Trinajstić information content (AvgIpc) is 2.70. The molecule has 0 saturated carbocycles. The van der Waals surface area contributed by atoms with Crippen molar-refractivity contribution in [2.24, 2.45) is 0 Å². The van der Waals surface area contributed by atoms with Crippen molar-refractivity contribution in [1.82, 2.24) is 0 Å². The summed E-state index contributed by atoms with van der Waals surface area (Å²) in [7, 11) is 2.96. The fourth-order valence-corrected chi connectivity index (χ4v) is 3.03. The van der Waals surface area contributed by atoms with E-state index in [1.54, 1.807) is 30.3 Å². The molecule has 0 aromatic heterocycles.